The number of benzene rings is 1. The van der Waals surface area contributed by atoms with Gasteiger partial charge in [-0.05, 0) is 44.0 Å². The number of aryl methyl sites for hydroxylation is 2. The van der Waals surface area contributed by atoms with Crippen LogP contribution in [0.15, 0.2) is 30.3 Å². The van der Waals surface area contributed by atoms with Crippen LogP contribution in [-0.2, 0) is 16.0 Å². The third kappa shape index (κ3) is 4.79. The van der Waals surface area contributed by atoms with Crippen LogP contribution >= 0.6 is 11.6 Å². The Labute approximate surface area is 160 Å². The Morgan fingerprint density at radius 3 is 2.81 bits per heavy atom. The lowest BCUT2D eigenvalue weighted by atomic mass is 10.1. The number of nitrogens with zero attached hydrogens (tertiary/aromatic N) is 4. The van der Waals surface area contributed by atoms with Crippen LogP contribution < -0.4 is 5.32 Å². The molecule has 27 heavy (non-hydrogen) atoms. The van der Waals surface area contributed by atoms with Crippen molar-refractivity contribution in [3.63, 3.8) is 0 Å². The molecule has 8 nitrogen and oxygen atoms in total. The molecule has 0 radical (unpaired) electrons. The fourth-order valence-corrected chi connectivity index (χ4v) is 2.75. The van der Waals surface area contributed by atoms with Gasteiger partial charge in [-0.25, -0.2) is 14.3 Å². The van der Waals surface area contributed by atoms with Crippen molar-refractivity contribution in [3.05, 3.63) is 58.1 Å². The summed E-state index contributed by atoms with van der Waals surface area (Å²) in [5, 5.41) is 7.39. The molecule has 2 aromatic heterocycles. The van der Waals surface area contributed by atoms with Crippen LogP contribution in [0, 0.1) is 13.8 Å². The van der Waals surface area contributed by atoms with Gasteiger partial charge < -0.3 is 10.1 Å². The average Bonchev–Trinajstić information content (AvgIpc) is 3.04. The molecule has 3 aromatic rings. The van der Waals surface area contributed by atoms with Crippen molar-refractivity contribution < 1.29 is 14.3 Å². The highest BCUT2D eigenvalue weighted by Crippen LogP contribution is 2.10. The number of ether oxygens (including phenoxy) is 1. The zero-order valence-electron chi connectivity index (χ0n) is 14.9. The number of carbonyl (C=O) groups is 2. The van der Waals surface area contributed by atoms with Gasteiger partial charge in [-0.15, -0.1) is 5.10 Å². The van der Waals surface area contributed by atoms with Crippen molar-refractivity contribution in [3.8, 4) is 0 Å². The van der Waals surface area contributed by atoms with E-state index in [2.05, 4.69) is 20.4 Å². The van der Waals surface area contributed by atoms with Crippen molar-refractivity contribution in [2.75, 3.05) is 13.2 Å². The van der Waals surface area contributed by atoms with Crippen molar-refractivity contribution in [2.24, 2.45) is 0 Å². The van der Waals surface area contributed by atoms with Gasteiger partial charge in [-0.1, -0.05) is 23.7 Å². The number of aromatic nitrogens is 4. The van der Waals surface area contributed by atoms with Gasteiger partial charge >= 0.3 is 5.97 Å². The van der Waals surface area contributed by atoms with Crippen LogP contribution in [0.25, 0.3) is 5.78 Å². The Hall–Kier alpha value is -3.00. The van der Waals surface area contributed by atoms with Crippen LogP contribution in [0.4, 0.5) is 0 Å². The van der Waals surface area contributed by atoms with Gasteiger partial charge in [0.2, 0.25) is 0 Å². The summed E-state index contributed by atoms with van der Waals surface area (Å²) < 4.78 is 6.43. The lowest BCUT2D eigenvalue weighted by Crippen LogP contribution is -2.30. The molecule has 1 amide bonds. The largest absolute Gasteiger partial charge is 0.450 e. The number of amides is 1. The fourth-order valence-electron chi connectivity index (χ4n) is 2.54. The van der Waals surface area contributed by atoms with E-state index >= 15 is 0 Å². The zero-order chi connectivity index (χ0) is 19.4. The van der Waals surface area contributed by atoms with Crippen molar-refractivity contribution in [2.45, 2.75) is 20.3 Å². The van der Waals surface area contributed by atoms with E-state index in [0.717, 1.165) is 17.0 Å². The highest BCUT2D eigenvalue weighted by molar-refractivity contribution is 6.30. The minimum atomic E-state index is -0.775. The van der Waals surface area contributed by atoms with E-state index in [0.29, 0.717) is 23.8 Å². The molecule has 140 valence electrons. The summed E-state index contributed by atoms with van der Waals surface area (Å²) in [6.07, 6.45) is 0.624. The molecule has 0 atom stereocenters. The summed E-state index contributed by atoms with van der Waals surface area (Å²) in [5.41, 5.74) is 2.57. The number of rotatable bonds is 6. The van der Waals surface area contributed by atoms with Gasteiger partial charge in [0.25, 0.3) is 17.5 Å². The van der Waals surface area contributed by atoms with E-state index in [4.69, 9.17) is 16.3 Å². The maximum Gasteiger partial charge on any atom is 0.378 e. The van der Waals surface area contributed by atoms with Crippen LogP contribution in [0.5, 0.6) is 0 Å². The van der Waals surface area contributed by atoms with Crippen LogP contribution in [-0.4, -0.2) is 44.6 Å². The first kappa shape index (κ1) is 18.8. The fraction of sp³-hybridized carbons (Fsp3) is 0.278. The number of esters is 1. The van der Waals surface area contributed by atoms with E-state index < -0.39 is 18.5 Å². The standard InChI is InChI=1S/C18H18ClN5O3/c1-11-8-12(2)24-18(21-11)22-16(23-24)17(26)27-10-15(25)20-7-6-13-4-3-5-14(19)9-13/h3-5,8-9H,6-7,10H2,1-2H3,(H,20,25). The second kappa shape index (κ2) is 8.13. The maximum atomic E-state index is 12.1. The third-order valence-corrected chi connectivity index (χ3v) is 4.00. The molecule has 0 aliphatic heterocycles. The lowest BCUT2D eigenvalue weighted by molar-refractivity contribution is -0.124. The molecule has 3 rings (SSSR count). The van der Waals surface area contributed by atoms with Gasteiger partial charge in [-0.2, -0.15) is 4.98 Å². The van der Waals surface area contributed by atoms with Crippen LogP contribution in [0.3, 0.4) is 0 Å². The minimum Gasteiger partial charge on any atom is -0.450 e. The SMILES string of the molecule is Cc1cc(C)n2nc(C(=O)OCC(=O)NCCc3cccc(Cl)c3)nc2n1. The van der Waals surface area contributed by atoms with Crippen LogP contribution in [0.1, 0.15) is 27.6 Å². The Morgan fingerprint density at radius 2 is 2.04 bits per heavy atom. The molecule has 2 heterocycles. The summed E-state index contributed by atoms with van der Waals surface area (Å²) >= 11 is 5.91. The Kier molecular flexibility index (Phi) is 5.66. The molecule has 0 fully saturated rings. The van der Waals surface area contributed by atoms with Crippen LogP contribution in [0.2, 0.25) is 5.02 Å². The summed E-state index contributed by atoms with van der Waals surface area (Å²) in [6, 6.07) is 9.21. The van der Waals surface area contributed by atoms with Gasteiger partial charge in [0, 0.05) is 23.0 Å². The molecule has 0 saturated carbocycles. The number of carbonyl (C=O) groups excluding carboxylic acids is 2. The van der Waals surface area contributed by atoms with Crippen molar-refractivity contribution in [1.82, 2.24) is 24.9 Å². The summed E-state index contributed by atoms with van der Waals surface area (Å²) in [4.78, 5) is 32.1. The predicted octanol–water partition coefficient (Wildman–Crippen LogP) is 1.91. The lowest BCUT2D eigenvalue weighted by Gasteiger charge is -2.06. The quantitative estimate of drug-likeness (QED) is 0.649. The molecule has 0 spiro atoms. The zero-order valence-corrected chi connectivity index (χ0v) is 15.7. The molecule has 9 heteroatoms. The first-order valence-electron chi connectivity index (χ1n) is 8.31. The number of halogens is 1. The van der Waals surface area contributed by atoms with Gasteiger partial charge in [0.05, 0.1) is 0 Å². The second-order valence-electron chi connectivity index (χ2n) is 5.99. The number of hydrogen-bond acceptors (Lipinski definition) is 6. The Morgan fingerprint density at radius 1 is 1.22 bits per heavy atom. The molecule has 0 aliphatic carbocycles. The van der Waals surface area contributed by atoms with Gasteiger partial charge in [0.1, 0.15) is 0 Å². The monoisotopic (exact) mass is 387 g/mol. The van der Waals surface area contributed by atoms with E-state index in [1.165, 1.54) is 4.52 Å². The summed E-state index contributed by atoms with van der Waals surface area (Å²) in [6.45, 7) is 3.66. The molecular formula is C18H18ClN5O3. The molecule has 0 saturated heterocycles. The molecule has 0 bridgehead atoms. The average molecular weight is 388 g/mol. The number of fused-ring (bicyclic) bond motifs is 1. The first-order chi connectivity index (χ1) is 12.9. The first-order valence-corrected chi connectivity index (χ1v) is 8.69. The molecule has 0 unspecified atom stereocenters. The topological polar surface area (TPSA) is 98.5 Å². The maximum absolute atomic E-state index is 12.1. The predicted molar refractivity (Wildman–Crippen MR) is 98.7 cm³/mol. The molecular weight excluding hydrogens is 370 g/mol. The second-order valence-corrected chi connectivity index (χ2v) is 6.43. The highest BCUT2D eigenvalue weighted by Gasteiger charge is 2.17. The molecule has 1 aromatic carbocycles. The summed E-state index contributed by atoms with van der Waals surface area (Å²) in [7, 11) is 0. The van der Waals surface area contributed by atoms with Crippen molar-refractivity contribution in [1.29, 1.82) is 0 Å². The van der Waals surface area contributed by atoms with Gasteiger partial charge in [-0.3, -0.25) is 4.79 Å². The normalized spacial score (nSPS) is 10.8. The Bertz CT molecular complexity index is 1000. The number of hydrogen-bond donors (Lipinski definition) is 1. The smallest absolute Gasteiger partial charge is 0.378 e. The molecule has 1 N–H and O–H groups in total. The number of nitrogens with one attached hydrogen (secondary N) is 1. The molecule has 0 aliphatic rings. The minimum absolute atomic E-state index is 0.136. The van der Waals surface area contributed by atoms with E-state index in [-0.39, 0.29) is 5.82 Å². The Balaban J connectivity index is 1.50. The van der Waals surface area contributed by atoms with Crippen molar-refractivity contribution >= 4 is 29.3 Å². The van der Waals surface area contributed by atoms with E-state index in [1.54, 1.807) is 6.07 Å². The summed E-state index contributed by atoms with van der Waals surface area (Å²) in [5.74, 6) is -1.00. The van der Waals surface area contributed by atoms with E-state index in [9.17, 15) is 9.59 Å². The van der Waals surface area contributed by atoms with E-state index in [1.807, 2.05) is 38.1 Å². The third-order valence-electron chi connectivity index (χ3n) is 3.76. The van der Waals surface area contributed by atoms with Gasteiger partial charge in [0.15, 0.2) is 6.61 Å². The highest BCUT2D eigenvalue weighted by atomic mass is 35.5.